The van der Waals surface area contributed by atoms with E-state index in [0.29, 0.717) is 13.0 Å². The maximum Gasteiger partial charge on any atom is 0.309 e. The van der Waals surface area contributed by atoms with E-state index < -0.39 is 33.7 Å². The summed E-state index contributed by atoms with van der Waals surface area (Å²) in [5, 5.41) is 18.5. The molecule has 0 aliphatic carbocycles. The fraction of sp³-hybridized carbons (Fsp3) is 0.885. The number of carboxylic acids is 1. The van der Waals surface area contributed by atoms with Crippen LogP contribution in [-0.4, -0.2) is 53.0 Å². The van der Waals surface area contributed by atoms with Gasteiger partial charge in [-0.05, 0) is 105 Å². The molecule has 2 heterocycles. The molecule has 8 heteroatoms. The highest BCUT2D eigenvalue weighted by molar-refractivity contribution is 7.93. The van der Waals surface area contributed by atoms with Crippen LogP contribution < -0.4 is 0 Å². The van der Waals surface area contributed by atoms with Gasteiger partial charge in [-0.2, -0.15) is 0 Å². The zero-order valence-corrected chi connectivity index (χ0v) is 23.1. The summed E-state index contributed by atoms with van der Waals surface area (Å²) in [5.74, 6) is -0.759. The standard InChI is InChI=1S/C26H46O6S2/c1-25(2,19-32-29)17-7-5-9-20-11-13-22(33(20)30)15-16-23-14-12-21(34(23)31)10-6-8-18-26(3,4)24(27)28/h15-16,20-23,29H,5-14,17-19H2,1-4H3,(H,27,28). The summed E-state index contributed by atoms with van der Waals surface area (Å²) in [6.07, 6.45) is 15.3. The van der Waals surface area contributed by atoms with E-state index in [4.69, 9.17) is 5.26 Å². The Kier molecular flexibility index (Phi) is 12.2. The number of aliphatic carboxylic acids is 1. The Morgan fingerprint density at radius 3 is 1.79 bits per heavy atom. The molecule has 2 rings (SSSR count). The average Bonchev–Trinajstić information content (AvgIpc) is 3.29. The van der Waals surface area contributed by atoms with Crippen molar-refractivity contribution in [3.05, 3.63) is 12.2 Å². The molecule has 34 heavy (non-hydrogen) atoms. The third-order valence-electron chi connectivity index (χ3n) is 7.58. The summed E-state index contributed by atoms with van der Waals surface area (Å²) < 4.78 is 25.9. The monoisotopic (exact) mass is 518 g/mol. The molecule has 0 saturated carbocycles. The van der Waals surface area contributed by atoms with Gasteiger partial charge in [0.25, 0.3) is 0 Å². The smallest absolute Gasteiger partial charge is 0.309 e. The van der Waals surface area contributed by atoms with Crippen molar-refractivity contribution in [3.63, 3.8) is 0 Å². The van der Waals surface area contributed by atoms with E-state index in [-0.39, 0.29) is 26.4 Å². The van der Waals surface area contributed by atoms with Gasteiger partial charge in [-0.1, -0.05) is 26.7 Å². The van der Waals surface area contributed by atoms with Crippen molar-refractivity contribution in [1.29, 1.82) is 0 Å². The van der Waals surface area contributed by atoms with Crippen LogP contribution in [0, 0.1) is 10.8 Å². The number of unbranched alkanes of at least 4 members (excludes halogenated alkanes) is 2. The maximum atomic E-state index is 12.9. The molecular formula is C26H46O6S2. The van der Waals surface area contributed by atoms with Crippen LogP contribution >= 0.6 is 0 Å². The van der Waals surface area contributed by atoms with Crippen LogP contribution in [-0.2, 0) is 32.0 Å². The van der Waals surface area contributed by atoms with Gasteiger partial charge in [-0.25, -0.2) is 4.89 Å². The summed E-state index contributed by atoms with van der Waals surface area (Å²) in [6.45, 7) is 8.01. The second kappa shape index (κ2) is 13.9. The molecule has 6 atom stereocenters. The van der Waals surface area contributed by atoms with Crippen molar-refractivity contribution in [2.75, 3.05) is 6.61 Å². The molecule has 0 aromatic heterocycles. The average molecular weight is 519 g/mol. The molecule has 6 nitrogen and oxygen atoms in total. The lowest BCUT2D eigenvalue weighted by Crippen LogP contribution is -2.25. The van der Waals surface area contributed by atoms with Crippen molar-refractivity contribution < 1.29 is 29.2 Å². The summed E-state index contributed by atoms with van der Waals surface area (Å²) in [7, 11) is 0. The van der Waals surface area contributed by atoms with E-state index in [2.05, 4.69) is 30.9 Å². The third-order valence-corrected chi connectivity index (χ3v) is 11.8. The fourth-order valence-corrected chi connectivity index (χ4v) is 8.80. The Balaban J connectivity index is 1.69. The first kappa shape index (κ1) is 30.0. The Morgan fingerprint density at radius 1 is 0.882 bits per heavy atom. The Bertz CT molecular complexity index is 653. The molecule has 0 spiro atoms. The lowest BCUT2D eigenvalue weighted by Gasteiger charge is -2.23. The van der Waals surface area contributed by atoms with Crippen molar-refractivity contribution in [2.24, 2.45) is 10.8 Å². The lowest BCUT2D eigenvalue weighted by molar-refractivity contribution is -0.260. The summed E-state index contributed by atoms with van der Waals surface area (Å²) in [4.78, 5) is 15.5. The predicted molar refractivity (Wildman–Crippen MR) is 140 cm³/mol. The van der Waals surface area contributed by atoms with Gasteiger partial charge in [0.2, 0.25) is 0 Å². The van der Waals surface area contributed by atoms with Crippen LogP contribution in [0.3, 0.4) is 0 Å². The van der Waals surface area contributed by atoms with Crippen LogP contribution in [0.1, 0.15) is 105 Å². The minimum Gasteiger partial charge on any atom is -0.616 e. The quantitative estimate of drug-likeness (QED) is 0.0924. The van der Waals surface area contributed by atoms with Crippen LogP contribution in [0.2, 0.25) is 0 Å². The van der Waals surface area contributed by atoms with E-state index in [1.165, 1.54) is 0 Å². The molecule has 198 valence electrons. The molecule has 0 aromatic rings. The highest BCUT2D eigenvalue weighted by atomic mass is 32.2. The fourth-order valence-electron chi connectivity index (χ4n) is 5.04. The maximum absolute atomic E-state index is 12.9. The number of hydrogen-bond acceptors (Lipinski definition) is 5. The minimum atomic E-state index is -0.898. The Hall–Kier alpha value is -0.250. The molecule has 6 unspecified atom stereocenters. The molecule has 0 aromatic carbocycles. The van der Waals surface area contributed by atoms with Crippen molar-refractivity contribution in [1.82, 2.24) is 0 Å². The molecule has 2 aliphatic rings. The van der Waals surface area contributed by atoms with Gasteiger partial charge >= 0.3 is 5.97 Å². The minimum absolute atomic E-state index is 0.0430. The van der Waals surface area contributed by atoms with Gasteiger partial charge in [0.15, 0.2) is 0 Å². The molecule has 2 aliphatic heterocycles. The van der Waals surface area contributed by atoms with Crippen molar-refractivity contribution >= 4 is 28.3 Å². The van der Waals surface area contributed by atoms with Gasteiger partial charge in [-0.15, -0.1) is 0 Å². The number of carbonyl (C=O) groups is 1. The highest BCUT2D eigenvalue weighted by Crippen LogP contribution is 2.35. The third kappa shape index (κ3) is 9.32. The first-order valence-electron chi connectivity index (χ1n) is 12.9. The molecule has 0 radical (unpaired) electrons. The van der Waals surface area contributed by atoms with E-state index in [0.717, 1.165) is 70.6 Å². The van der Waals surface area contributed by atoms with Crippen LogP contribution in [0.4, 0.5) is 0 Å². The number of rotatable bonds is 15. The molecular weight excluding hydrogens is 472 g/mol. The first-order chi connectivity index (χ1) is 16.0. The number of carboxylic acid groups (broad SMARTS) is 1. The molecule has 0 bridgehead atoms. The van der Waals surface area contributed by atoms with Crippen LogP contribution in [0.5, 0.6) is 0 Å². The molecule has 2 saturated heterocycles. The second-order valence-electron chi connectivity index (χ2n) is 11.6. The highest BCUT2D eigenvalue weighted by Gasteiger charge is 2.39. The van der Waals surface area contributed by atoms with E-state index in [9.17, 15) is 19.0 Å². The van der Waals surface area contributed by atoms with E-state index in [1.807, 2.05) is 0 Å². The van der Waals surface area contributed by atoms with Gasteiger partial charge < -0.3 is 14.2 Å². The van der Waals surface area contributed by atoms with Gasteiger partial charge in [-0.3, -0.25) is 10.1 Å². The molecule has 0 amide bonds. The molecule has 2 N–H and O–H groups in total. The van der Waals surface area contributed by atoms with Crippen LogP contribution in [0.15, 0.2) is 12.2 Å². The number of hydrogen-bond donors (Lipinski definition) is 2. The largest absolute Gasteiger partial charge is 0.616 e. The SMILES string of the molecule is CC(C)(CCCCC1CCC(C=CC2CCC(CCCCC(C)(C)C(=O)O)[S+]2[O-])[S+]1[O-])COO. The van der Waals surface area contributed by atoms with Gasteiger partial charge in [0, 0.05) is 12.8 Å². The van der Waals surface area contributed by atoms with Gasteiger partial charge in [0.05, 0.1) is 12.0 Å². The molecule has 2 fully saturated rings. The Labute approximate surface area is 212 Å². The topological polar surface area (TPSA) is 113 Å². The van der Waals surface area contributed by atoms with Gasteiger partial charge in [0.1, 0.15) is 21.0 Å². The summed E-state index contributed by atoms with van der Waals surface area (Å²) in [6, 6.07) is 0. The zero-order valence-electron chi connectivity index (χ0n) is 21.5. The van der Waals surface area contributed by atoms with E-state index in [1.54, 1.807) is 13.8 Å². The zero-order chi connectivity index (χ0) is 25.4. The lowest BCUT2D eigenvalue weighted by atomic mass is 9.87. The normalized spacial score (nSPS) is 30.4. The first-order valence-corrected chi connectivity index (χ1v) is 15.5. The second-order valence-corrected chi connectivity index (χ2v) is 15.5. The summed E-state index contributed by atoms with van der Waals surface area (Å²) >= 11 is -1.76. The summed E-state index contributed by atoms with van der Waals surface area (Å²) in [5.41, 5.74) is -0.737. The van der Waals surface area contributed by atoms with Crippen molar-refractivity contribution in [2.45, 2.75) is 126 Å². The van der Waals surface area contributed by atoms with Crippen LogP contribution in [0.25, 0.3) is 0 Å². The van der Waals surface area contributed by atoms with E-state index >= 15 is 0 Å². The Morgan fingerprint density at radius 2 is 1.35 bits per heavy atom. The van der Waals surface area contributed by atoms with Crippen molar-refractivity contribution in [3.8, 4) is 0 Å². The predicted octanol–water partition coefficient (Wildman–Crippen LogP) is 5.85.